The third kappa shape index (κ3) is 3.28. The number of hydrogen-bond donors (Lipinski definition) is 2. The molecule has 0 saturated carbocycles. The number of nitrogens with zero attached hydrogens (tertiary/aromatic N) is 2. The van der Waals surface area contributed by atoms with Gasteiger partial charge in [-0.3, -0.25) is 4.79 Å². The molecular weight excluding hydrogens is 273 g/mol. The van der Waals surface area contributed by atoms with Gasteiger partial charge in [-0.1, -0.05) is 6.92 Å². The number of aliphatic hydroxyl groups excluding tert-OH is 1. The number of carbonyl (C=O) groups is 1. The van der Waals surface area contributed by atoms with E-state index in [4.69, 9.17) is 5.11 Å². The van der Waals surface area contributed by atoms with Crippen molar-refractivity contribution in [3.05, 3.63) is 47.5 Å². The topological polar surface area (TPSA) is 67.2 Å². The number of aliphatic hydroxyl groups is 1. The molecule has 0 aliphatic heterocycles. The molecule has 5 nitrogen and oxygen atoms in total. The Morgan fingerprint density at radius 3 is 2.67 bits per heavy atom. The molecule has 2 N–H and O–H groups in total. The molecule has 1 unspecified atom stereocenters. The first kappa shape index (κ1) is 15.2. The van der Waals surface area contributed by atoms with Crippen LogP contribution in [0.25, 0.3) is 5.69 Å². The van der Waals surface area contributed by atoms with Crippen LogP contribution >= 0.6 is 0 Å². The molecule has 0 radical (unpaired) electrons. The molecule has 2 rings (SSSR count). The molecule has 1 heterocycles. The lowest BCUT2D eigenvalue weighted by Gasteiger charge is -2.11. The molecule has 0 aliphatic rings. The highest BCUT2D eigenvalue weighted by Gasteiger charge is 2.18. The Balaban J connectivity index is 2.34. The van der Waals surface area contributed by atoms with Gasteiger partial charge in [0.2, 0.25) is 0 Å². The van der Waals surface area contributed by atoms with Crippen LogP contribution in [0, 0.1) is 5.82 Å². The Kier molecular flexibility index (Phi) is 4.70. The van der Waals surface area contributed by atoms with Crippen LogP contribution in [-0.4, -0.2) is 33.4 Å². The van der Waals surface area contributed by atoms with E-state index in [1.807, 2.05) is 6.92 Å². The molecule has 2 aromatic rings. The quantitative estimate of drug-likeness (QED) is 0.881. The molecular formula is C15H18FN3O2. The molecule has 21 heavy (non-hydrogen) atoms. The van der Waals surface area contributed by atoms with Crippen molar-refractivity contribution in [3.63, 3.8) is 0 Å². The first-order valence-electron chi connectivity index (χ1n) is 6.81. The number of rotatable bonds is 5. The Bertz CT molecular complexity index is 622. The van der Waals surface area contributed by atoms with Crippen molar-refractivity contribution in [3.8, 4) is 5.69 Å². The lowest BCUT2D eigenvalue weighted by molar-refractivity contribution is 0.0921. The van der Waals surface area contributed by atoms with E-state index in [-0.39, 0.29) is 24.4 Å². The van der Waals surface area contributed by atoms with Crippen molar-refractivity contribution in [2.45, 2.75) is 26.3 Å². The van der Waals surface area contributed by atoms with E-state index < -0.39 is 0 Å². The van der Waals surface area contributed by atoms with Gasteiger partial charge in [0.1, 0.15) is 5.82 Å². The fourth-order valence-corrected chi connectivity index (χ4v) is 2.06. The molecule has 0 aliphatic carbocycles. The van der Waals surface area contributed by atoms with E-state index in [2.05, 4.69) is 10.4 Å². The number of nitrogens with one attached hydrogen (secondary N) is 1. The Labute approximate surface area is 122 Å². The standard InChI is InChI=1S/C15H18FN3O2/c1-3-14-13(15(21)18-10(2)9-20)8-17-19(14)12-6-4-11(16)5-7-12/h4-8,10,20H,3,9H2,1-2H3,(H,18,21). The van der Waals surface area contributed by atoms with Crippen molar-refractivity contribution in [1.29, 1.82) is 0 Å². The highest BCUT2D eigenvalue weighted by Crippen LogP contribution is 2.16. The van der Waals surface area contributed by atoms with E-state index in [0.717, 1.165) is 5.69 Å². The van der Waals surface area contributed by atoms with Crippen LogP contribution in [-0.2, 0) is 6.42 Å². The van der Waals surface area contributed by atoms with Gasteiger partial charge >= 0.3 is 0 Å². The van der Waals surface area contributed by atoms with Crippen LogP contribution in [0.4, 0.5) is 4.39 Å². The number of hydrogen-bond acceptors (Lipinski definition) is 3. The molecule has 1 aromatic heterocycles. The number of amides is 1. The molecule has 0 bridgehead atoms. The summed E-state index contributed by atoms with van der Waals surface area (Å²) >= 11 is 0. The second-order valence-electron chi connectivity index (χ2n) is 4.80. The van der Waals surface area contributed by atoms with Crippen molar-refractivity contribution in [2.75, 3.05) is 6.61 Å². The fraction of sp³-hybridized carbons (Fsp3) is 0.333. The van der Waals surface area contributed by atoms with Gasteiger partial charge < -0.3 is 10.4 Å². The normalized spacial score (nSPS) is 12.2. The first-order valence-corrected chi connectivity index (χ1v) is 6.81. The maximum Gasteiger partial charge on any atom is 0.255 e. The zero-order valence-corrected chi connectivity index (χ0v) is 12.0. The maximum atomic E-state index is 13.0. The summed E-state index contributed by atoms with van der Waals surface area (Å²) in [5.74, 6) is -0.597. The zero-order chi connectivity index (χ0) is 15.4. The zero-order valence-electron chi connectivity index (χ0n) is 12.0. The van der Waals surface area contributed by atoms with E-state index in [9.17, 15) is 9.18 Å². The highest BCUT2D eigenvalue weighted by molar-refractivity contribution is 5.95. The molecule has 6 heteroatoms. The van der Waals surface area contributed by atoms with E-state index in [0.29, 0.717) is 17.7 Å². The number of halogens is 1. The molecule has 0 fully saturated rings. The van der Waals surface area contributed by atoms with Crippen LogP contribution in [0.15, 0.2) is 30.5 Å². The van der Waals surface area contributed by atoms with E-state index in [1.165, 1.54) is 18.3 Å². The van der Waals surface area contributed by atoms with Gasteiger partial charge in [-0.25, -0.2) is 9.07 Å². The molecule has 1 aromatic carbocycles. The van der Waals surface area contributed by atoms with Gasteiger partial charge in [0.05, 0.1) is 29.7 Å². The molecule has 1 amide bonds. The van der Waals surface area contributed by atoms with Crippen LogP contribution in [0.5, 0.6) is 0 Å². The largest absolute Gasteiger partial charge is 0.394 e. The minimum atomic E-state index is -0.323. The minimum Gasteiger partial charge on any atom is -0.394 e. The third-order valence-electron chi connectivity index (χ3n) is 3.17. The maximum absolute atomic E-state index is 13.0. The van der Waals surface area contributed by atoms with Gasteiger partial charge in [-0.05, 0) is 37.6 Å². The average Bonchev–Trinajstić information content (AvgIpc) is 2.91. The summed E-state index contributed by atoms with van der Waals surface area (Å²) in [4.78, 5) is 12.2. The van der Waals surface area contributed by atoms with Crippen LogP contribution < -0.4 is 5.32 Å². The average molecular weight is 291 g/mol. The highest BCUT2D eigenvalue weighted by atomic mass is 19.1. The lowest BCUT2D eigenvalue weighted by Crippen LogP contribution is -2.35. The van der Waals surface area contributed by atoms with Gasteiger partial charge in [-0.2, -0.15) is 5.10 Å². The number of carbonyl (C=O) groups excluding carboxylic acids is 1. The number of aromatic nitrogens is 2. The molecule has 0 saturated heterocycles. The summed E-state index contributed by atoms with van der Waals surface area (Å²) in [5.41, 5.74) is 1.90. The first-order chi connectivity index (χ1) is 10.1. The van der Waals surface area contributed by atoms with Crippen LogP contribution in [0.1, 0.15) is 29.9 Å². The third-order valence-corrected chi connectivity index (χ3v) is 3.17. The van der Waals surface area contributed by atoms with Crippen LogP contribution in [0.3, 0.4) is 0 Å². The summed E-state index contributed by atoms with van der Waals surface area (Å²) < 4.78 is 14.6. The summed E-state index contributed by atoms with van der Waals surface area (Å²) in [6.07, 6.45) is 2.09. The minimum absolute atomic E-state index is 0.126. The molecule has 112 valence electrons. The monoisotopic (exact) mass is 291 g/mol. The Morgan fingerprint density at radius 2 is 2.10 bits per heavy atom. The number of benzene rings is 1. The van der Waals surface area contributed by atoms with Crippen molar-refractivity contribution in [1.82, 2.24) is 15.1 Å². The Morgan fingerprint density at radius 1 is 1.43 bits per heavy atom. The van der Waals surface area contributed by atoms with Crippen molar-refractivity contribution < 1.29 is 14.3 Å². The second-order valence-corrected chi connectivity index (χ2v) is 4.80. The lowest BCUT2D eigenvalue weighted by atomic mass is 10.1. The second kappa shape index (κ2) is 6.49. The van der Waals surface area contributed by atoms with Gasteiger partial charge in [0.25, 0.3) is 5.91 Å². The van der Waals surface area contributed by atoms with Gasteiger partial charge in [0.15, 0.2) is 0 Å². The van der Waals surface area contributed by atoms with Crippen LogP contribution in [0.2, 0.25) is 0 Å². The van der Waals surface area contributed by atoms with Gasteiger partial charge in [-0.15, -0.1) is 0 Å². The molecule has 1 atom stereocenters. The Hall–Kier alpha value is -2.21. The predicted octanol–water partition coefficient (Wildman–Crippen LogP) is 1.68. The van der Waals surface area contributed by atoms with Crippen molar-refractivity contribution in [2.24, 2.45) is 0 Å². The fourth-order valence-electron chi connectivity index (χ4n) is 2.06. The summed E-state index contributed by atoms with van der Waals surface area (Å²) in [5, 5.41) is 15.9. The predicted molar refractivity (Wildman–Crippen MR) is 76.9 cm³/mol. The molecule has 0 spiro atoms. The van der Waals surface area contributed by atoms with Gasteiger partial charge in [0, 0.05) is 6.04 Å². The SMILES string of the molecule is CCc1c(C(=O)NC(C)CO)cnn1-c1ccc(F)cc1. The smallest absolute Gasteiger partial charge is 0.255 e. The summed E-state index contributed by atoms with van der Waals surface area (Å²) in [7, 11) is 0. The van der Waals surface area contributed by atoms with E-state index in [1.54, 1.807) is 23.7 Å². The van der Waals surface area contributed by atoms with E-state index >= 15 is 0 Å². The summed E-state index contributed by atoms with van der Waals surface area (Å²) in [6.45, 7) is 3.51. The summed E-state index contributed by atoms with van der Waals surface area (Å²) in [6, 6.07) is 5.60. The van der Waals surface area contributed by atoms with Crippen molar-refractivity contribution >= 4 is 5.91 Å².